The molecule has 1 heterocycles. The van der Waals surface area contributed by atoms with Gasteiger partial charge < -0.3 is 9.30 Å². The van der Waals surface area contributed by atoms with Crippen molar-refractivity contribution in [2.45, 2.75) is 31.2 Å². The van der Waals surface area contributed by atoms with E-state index in [9.17, 15) is 13.2 Å². The molecule has 2 aromatic carbocycles. The van der Waals surface area contributed by atoms with Crippen molar-refractivity contribution in [3.63, 3.8) is 0 Å². The number of ether oxygens (including phenoxy) is 1. The number of nitrogens with one attached hydrogen (secondary N) is 1. The summed E-state index contributed by atoms with van der Waals surface area (Å²) in [5, 5.41) is 0. The first-order valence-corrected chi connectivity index (χ1v) is 11.3. The predicted molar refractivity (Wildman–Crippen MR) is 113 cm³/mol. The lowest BCUT2D eigenvalue weighted by Gasteiger charge is -2.21. The molecule has 0 radical (unpaired) electrons. The first-order chi connectivity index (χ1) is 13.2. The first kappa shape index (κ1) is 20.6. The zero-order valence-electron chi connectivity index (χ0n) is 16.3. The molecule has 3 aromatic rings. The van der Waals surface area contributed by atoms with Crippen LogP contribution in [0.4, 0.5) is 0 Å². The highest BCUT2D eigenvalue weighted by Crippen LogP contribution is 2.27. The summed E-state index contributed by atoms with van der Waals surface area (Å²) in [5.41, 5.74) is 1.60. The number of hydrogen-bond donors (Lipinski definition) is 1. The molecule has 0 aliphatic carbocycles. The average molecular weight is 421 g/mol. The van der Waals surface area contributed by atoms with Crippen LogP contribution >= 0.6 is 11.3 Å². The van der Waals surface area contributed by atoms with Gasteiger partial charge in [-0.05, 0) is 48.2 Å². The molecular weight excluding hydrogens is 396 g/mol. The van der Waals surface area contributed by atoms with Crippen molar-refractivity contribution >= 4 is 31.6 Å². The highest BCUT2D eigenvalue weighted by Gasteiger charge is 2.23. The van der Waals surface area contributed by atoms with Crippen molar-refractivity contribution in [2.75, 3.05) is 7.11 Å². The van der Waals surface area contributed by atoms with Gasteiger partial charge in [-0.3, -0.25) is 4.79 Å². The molecule has 0 saturated heterocycles. The standard InChI is InChI=1S/C20H24N2O4S2/c1-13(2)11-17(14-5-7-15(26-4)8-6-14)21-28(24,25)16-9-10-18-19(12-16)27-20(23)22(18)3/h5-10,12-13,17,21H,11H2,1-4H3/t17-/m1/s1. The minimum Gasteiger partial charge on any atom is -0.497 e. The summed E-state index contributed by atoms with van der Waals surface area (Å²) in [5.74, 6) is 1.02. The molecule has 8 heteroatoms. The summed E-state index contributed by atoms with van der Waals surface area (Å²) in [4.78, 5) is 11.9. The summed E-state index contributed by atoms with van der Waals surface area (Å²) in [7, 11) is -0.479. The molecule has 0 saturated carbocycles. The van der Waals surface area contributed by atoms with E-state index in [1.165, 1.54) is 10.6 Å². The Kier molecular flexibility index (Phi) is 5.92. The molecule has 3 rings (SSSR count). The second-order valence-electron chi connectivity index (χ2n) is 7.13. The van der Waals surface area contributed by atoms with Crippen LogP contribution in [0.5, 0.6) is 5.75 Å². The number of thiazole rings is 1. The van der Waals surface area contributed by atoms with Crippen molar-refractivity contribution in [1.29, 1.82) is 0 Å². The Bertz CT molecular complexity index is 1130. The SMILES string of the molecule is COc1ccc([C@@H](CC(C)C)NS(=O)(=O)c2ccc3c(c2)sc(=O)n3C)cc1. The molecule has 0 unspecified atom stereocenters. The zero-order chi connectivity index (χ0) is 20.5. The third-order valence-electron chi connectivity index (χ3n) is 4.60. The second-order valence-corrected chi connectivity index (χ2v) is 9.84. The van der Waals surface area contributed by atoms with E-state index < -0.39 is 10.0 Å². The van der Waals surface area contributed by atoms with Crippen LogP contribution in [0.1, 0.15) is 31.9 Å². The van der Waals surface area contributed by atoms with E-state index in [0.29, 0.717) is 17.0 Å². The molecule has 0 fully saturated rings. The number of sulfonamides is 1. The Morgan fingerprint density at radius 2 is 1.82 bits per heavy atom. The molecule has 0 spiro atoms. The fourth-order valence-electron chi connectivity index (χ4n) is 3.10. The normalized spacial score (nSPS) is 13.2. The van der Waals surface area contributed by atoms with E-state index in [4.69, 9.17) is 4.74 Å². The molecule has 0 aliphatic rings. The third kappa shape index (κ3) is 4.29. The Morgan fingerprint density at radius 3 is 2.43 bits per heavy atom. The fourth-order valence-corrected chi connectivity index (χ4v) is 5.35. The lowest BCUT2D eigenvalue weighted by Crippen LogP contribution is -2.29. The maximum Gasteiger partial charge on any atom is 0.307 e. The largest absolute Gasteiger partial charge is 0.497 e. The number of hydrogen-bond acceptors (Lipinski definition) is 5. The molecule has 1 N–H and O–H groups in total. The van der Waals surface area contributed by atoms with Crippen LogP contribution in [0.3, 0.4) is 0 Å². The van der Waals surface area contributed by atoms with Gasteiger partial charge in [-0.1, -0.05) is 37.3 Å². The summed E-state index contributed by atoms with van der Waals surface area (Å²) >= 11 is 1.04. The van der Waals surface area contributed by atoms with Crippen LogP contribution in [0.25, 0.3) is 10.2 Å². The maximum absolute atomic E-state index is 13.0. The quantitative estimate of drug-likeness (QED) is 0.633. The van der Waals surface area contributed by atoms with Gasteiger partial charge in [0.15, 0.2) is 0 Å². The number of benzene rings is 2. The lowest BCUT2D eigenvalue weighted by atomic mass is 9.98. The average Bonchev–Trinajstić information content (AvgIpc) is 2.94. The van der Waals surface area contributed by atoms with Crippen LogP contribution in [0.15, 0.2) is 52.2 Å². The van der Waals surface area contributed by atoms with Gasteiger partial charge >= 0.3 is 4.87 Å². The van der Waals surface area contributed by atoms with E-state index in [-0.39, 0.29) is 15.8 Å². The minimum absolute atomic E-state index is 0.117. The summed E-state index contributed by atoms with van der Waals surface area (Å²) < 4.78 is 36.3. The molecule has 0 amide bonds. The molecule has 1 aromatic heterocycles. The first-order valence-electron chi connectivity index (χ1n) is 8.97. The van der Waals surface area contributed by atoms with Crippen LogP contribution < -0.4 is 14.3 Å². The van der Waals surface area contributed by atoms with E-state index >= 15 is 0 Å². The number of fused-ring (bicyclic) bond motifs is 1. The second kappa shape index (κ2) is 8.06. The van der Waals surface area contributed by atoms with Crippen LogP contribution in [0.2, 0.25) is 0 Å². The highest BCUT2D eigenvalue weighted by molar-refractivity contribution is 7.89. The Morgan fingerprint density at radius 1 is 1.14 bits per heavy atom. The van der Waals surface area contributed by atoms with E-state index in [1.807, 2.05) is 24.3 Å². The smallest absolute Gasteiger partial charge is 0.307 e. The predicted octanol–water partition coefficient (Wildman–Crippen LogP) is 3.67. The molecule has 0 aliphatic heterocycles. The Labute approximate surface area is 168 Å². The van der Waals surface area contributed by atoms with Crippen LogP contribution in [0, 0.1) is 5.92 Å². The van der Waals surface area contributed by atoms with Crippen molar-refractivity contribution in [2.24, 2.45) is 13.0 Å². The summed E-state index contributed by atoms with van der Waals surface area (Å²) in [6.07, 6.45) is 0.659. The van der Waals surface area contributed by atoms with E-state index in [0.717, 1.165) is 28.2 Å². The minimum atomic E-state index is -3.75. The highest BCUT2D eigenvalue weighted by atomic mass is 32.2. The number of methoxy groups -OCH3 is 1. The number of nitrogens with zero attached hydrogens (tertiary/aromatic N) is 1. The van der Waals surface area contributed by atoms with Gasteiger partial charge in [0.25, 0.3) is 0 Å². The maximum atomic E-state index is 13.0. The molecule has 1 atom stereocenters. The molecular formula is C20H24N2O4S2. The van der Waals surface area contributed by atoms with Gasteiger partial charge in [0.1, 0.15) is 5.75 Å². The van der Waals surface area contributed by atoms with Crippen molar-refractivity contribution in [3.8, 4) is 5.75 Å². The monoisotopic (exact) mass is 420 g/mol. The molecule has 28 heavy (non-hydrogen) atoms. The Balaban J connectivity index is 1.95. The fraction of sp³-hybridized carbons (Fsp3) is 0.350. The zero-order valence-corrected chi connectivity index (χ0v) is 17.9. The summed E-state index contributed by atoms with van der Waals surface area (Å²) in [6.45, 7) is 4.11. The van der Waals surface area contributed by atoms with E-state index in [1.54, 1.807) is 26.3 Å². The third-order valence-corrected chi connectivity index (χ3v) is 7.06. The molecule has 150 valence electrons. The van der Waals surface area contributed by atoms with Gasteiger partial charge in [0.05, 0.1) is 22.2 Å². The lowest BCUT2D eigenvalue weighted by molar-refractivity contribution is 0.414. The Hall–Kier alpha value is -2.16. The van der Waals surface area contributed by atoms with Gasteiger partial charge in [-0.25, -0.2) is 13.1 Å². The number of aromatic nitrogens is 1. The van der Waals surface area contributed by atoms with Gasteiger partial charge in [0.2, 0.25) is 10.0 Å². The van der Waals surface area contributed by atoms with Crippen molar-refractivity contribution in [1.82, 2.24) is 9.29 Å². The van der Waals surface area contributed by atoms with Gasteiger partial charge in [0, 0.05) is 13.1 Å². The van der Waals surface area contributed by atoms with Gasteiger partial charge in [-0.2, -0.15) is 0 Å². The number of aryl methyl sites for hydroxylation is 1. The molecule has 0 bridgehead atoms. The van der Waals surface area contributed by atoms with Crippen LogP contribution in [-0.4, -0.2) is 20.1 Å². The van der Waals surface area contributed by atoms with Crippen LogP contribution in [-0.2, 0) is 17.1 Å². The van der Waals surface area contributed by atoms with Crippen molar-refractivity contribution < 1.29 is 13.2 Å². The van der Waals surface area contributed by atoms with Crippen molar-refractivity contribution in [3.05, 3.63) is 57.7 Å². The molecule has 6 nitrogen and oxygen atoms in total. The topological polar surface area (TPSA) is 77.4 Å². The van der Waals surface area contributed by atoms with E-state index in [2.05, 4.69) is 18.6 Å². The summed E-state index contributed by atoms with van der Waals surface area (Å²) in [6, 6.07) is 11.8. The number of rotatable bonds is 7. The van der Waals surface area contributed by atoms with Gasteiger partial charge in [-0.15, -0.1) is 0 Å².